The average Bonchev–Trinajstić information content (AvgIpc) is 3.15. The molecule has 0 radical (unpaired) electrons. The van der Waals surface area contributed by atoms with Crippen molar-refractivity contribution in [3.63, 3.8) is 0 Å². The molecule has 5 heteroatoms. The highest BCUT2D eigenvalue weighted by molar-refractivity contribution is 5.78. The van der Waals surface area contributed by atoms with Crippen molar-refractivity contribution < 1.29 is 9.53 Å². The van der Waals surface area contributed by atoms with Crippen LogP contribution < -0.4 is 4.74 Å². The van der Waals surface area contributed by atoms with E-state index < -0.39 is 0 Å². The van der Waals surface area contributed by atoms with E-state index in [1.165, 1.54) is 5.56 Å². The summed E-state index contributed by atoms with van der Waals surface area (Å²) in [5, 5.41) is 0. The number of pyridine rings is 1. The second-order valence-corrected chi connectivity index (χ2v) is 7.49. The van der Waals surface area contributed by atoms with Gasteiger partial charge in [-0.25, -0.2) is 0 Å². The zero-order valence-corrected chi connectivity index (χ0v) is 15.7. The van der Waals surface area contributed by atoms with Crippen molar-refractivity contribution in [3.05, 3.63) is 59.9 Å². The van der Waals surface area contributed by atoms with Crippen LogP contribution in [0.2, 0.25) is 0 Å². The molecule has 27 heavy (non-hydrogen) atoms. The maximum absolute atomic E-state index is 11.9. The summed E-state index contributed by atoms with van der Waals surface area (Å²) >= 11 is 0. The molecule has 0 N–H and O–H groups in total. The molecule has 0 unspecified atom stereocenters. The molecule has 1 amide bonds. The third-order valence-corrected chi connectivity index (χ3v) is 5.59. The van der Waals surface area contributed by atoms with Gasteiger partial charge in [-0.15, -0.1) is 0 Å². The maximum atomic E-state index is 11.9. The lowest BCUT2D eigenvalue weighted by Gasteiger charge is -2.36. The van der Waals surface area contributed by atoms with Crippen molar-refractivity contribution in [2.75, 3.05) is 19.6 Å². The Morgan fingerprint density at radius 3 is 2.37 bits per heavy atom. The predicted octanol–water partition coefficient (Wildman–Crippen LogP) is 3.25. The Labute approximate surface area is 161 Å². The Kier molecular flexibility index (Phi) is 5.68. The zero-order valence-electron chi connectivity index (χ0n) is 15.7. The van der Waals surface area contributed by atoms with Crippen molar-refractivity contribution in [2.24, 2.45) is 0 Å². The standard InChI is InChI=1S/C22H27N3O2/c26-22-2-1-13-25(22)20-9-14-24(15-10-20)16-18-3-5-21(6-4-18)27-17-19-7-11-23-12-8-19/h3-8,11-12,20H,1-2,9-10,13-17H2. The molecule has 0 spiro atoms. The first-order valence-electron chi connectivity index (χ1n) is 9.90. The fourth-order valence-electron chi connectivity index (χ4n) is 4.04. The quantitative estimate of drug-likeness (QED) is 0.788. The van der Waals surface area contributed by atoms with Crippen molar-refractivity contribution in [3.8, 4) is 5.75 Å². The van der Waals surface area contributed by atoms with Gasteiger partial charge in [0.25, 0.3) is 0 Å². The van der Waals surface area contributed by atoms with E-state index in [9.17, 15) is 4.79 Å². The Balaban J connectivity index is 1.24. The number of rotatable bonds is 6. The van der Waals surface area contributed by atoms with Crippen LogP contribution >= 0.6 is 0 Å². The predicted molar refractivity (Wildman–Crippen MR) is 104 cm³/mol. The van der Waals surface area contributed by atoms with Gasteiger partial charge < -0.3 is 9.64 Å². The summed E-state index contributed by atoms with van der Waals surface area (Å²) in [5.74, 6) is 1.25. The van der Waals surface area contributed by atoms with E-state index in [4.69, 9.17) is 4.74 Å². The van der Waals surface area contributed by atoms with Crippen molar-refractivity contribution in [1.29, 1.82) is 0 Å². The molecular weight excluding hydrogens is 338 g/mol. The van der Waals surface area contributed by atoms with Gasteiger partial charge in [-0.1, -0.05) is 12.1 Å². The molecule has 2 aliphatic rings. The normalized spacial score (nSPS) is 18.8. The molecule has 1 aromatic heterocycles. The number of carbonyl (C=O) groups is 1. The third-order valence-electron chi connectivity index (χ3n) is 5.59. The Bertz CT molecular complexity index is 740. The summed E-state index contributed by atoms with van der Waals surface area (Å²) in [6.07, 6.45) is 7.54. The van der Waals surface area contributed by atoms with E-state index in [1.54, 1.807) is 12.4 Å². The minimum atomic E-state index is 0.357. The van der Waals surface area contributed by atoms with Gasteiger partial charge in [-0.3, -0.25) is 14.7 Å². The smallest absolute Gasteiger partial charge is 0.222 e. The van der Waals surface area contributed by atoms with Crippen LogP contribution in [0.1, 0.15) is 36.8 Å². The van der Waals surface area contributed by atoms with E-state index in [1.807, 2.05) is 24.3 Å². The second kappa shape index (κ2) is 8.53. The number of hydrogen-bond donors (Lipinski definition) is 0. The number of aromatic nitrogens is 1. The molecule has 1 aromatic carbocycles. The van der Waals surface area contributed by atoms with Crippen LogP contribution in [0.3, 0.4) is 0 Å². The molecule has 4 rings (SSSR count). The first-order chi connectivity index (χ1) is 13.3. The van der Waals surface area contributed by atoms with Gasteiger partial charge in [0.05, 0.1) is 0 Å². The zero-order chi connectivity index (χ0) is 18.5. The fraction of sp³-hybridized carbons (Fsp3) is 0.455. The van der Waals surface area contributed by atoms with Crippen LogP contribution in [-0.2, 0) is 17.9 Å². The van der Waals surface area contributed by atoms with E-state index in [0.29, 0.717) is 18.6 Å². The summed E-state index contributed by atoms with van der Waals surface area (Å²) in [6, 6.07) is 12.8. The largest absolute Gasteiger partial charge is 0.489 e. The van der Waals surface area contributed by atoms with E-state index in [2.05, 4.69) is 26.9 Å². The molecule has 2 fully saturated rings. The van der Waals surface area contributed by atoms with E-state index in [0.717, 1.165) is 63.2 Å². The number of likely N-dealkylation sites (tertiary alicyclic amines) is 2. The average molecular weight is 365 g/mol. The van der Waals surface area contributed by atoms with Crippen LogP contribution in [0.15, 0.2) is 48.8 Å². The van der Waals surface area contributed by atoms with Crippen molar-refractivity contribution in [1.82, 2.24) is 14.8 Å². The molecule has 142 valence electrons. The number of benzene rings is 1. The van der Waals surface area contributed by atoms with E-state index >= 15 is 0 Å². The molecule has 2 aliphatic heterocycles. The van der Waals surface area contributed by atoms with Crippen LogP contribution in [0.4, 0.5) is 0 Å². The van der Waals surface area contributed by atoms with Crippen molar-refractivity contribution in [2.45, 2.75) is 44.9 Å². The monoisotopic (exact) mass is 365 g/mol. The maximum Gasteiger partial charge on any atom is 0.222 e. The molecule has 0 aliphatic carbocycles. The second-order valence-electron chi connectivity index (χ2n) is 7.49. The number of hydrogen-bond acceptors (Lipinski definition) is 4. The lowest BCUT2D eigenvalue weighted by atomic mass is 10.0. The number of nitrogens with zero attached hydrogens (tertiary/aromatic N) is 3. The minimum Gasteiger partial charge on any atom is -0.489 e. The van der Waals surface area contributed by atoms with Gasteiger partial charge in [0.15, 0.2) is 0 Å². The van der Waals surface area contributed by atoms with Crippen LogP contribution in [0, 0.1) is 0 Å². The molecular formula is C22H27N3O2. The molecule has 0 bridgehead atoms. The highest BCUT2D eigenvalue weighted by Gasteiger charge is 2.30. The molecule has 0 saturated carbocycles. The fourth-order valence-corrected chi connectivity index (χ4v) is 4.04. The van der Waals surface area contributed by atoms with Gasteiger partial charge in [0.1, 0.15) is 12.4 Å². The van der Waals surface area contributed by atoms with Gasteiger partial charge in [-0.05, 0) is 54.7 Å². The van der Waals surface area contributed by atoms with Crippen molar-refractivity contribution >= 4 is 5.91 Å². The summed E-state index contributed by atoms with van der Waals surface area (Å²) in [4.78, 5) is 20.5. The highest BCUT2D eigenvalue weighted by Crippen LogP contribution is 2.23. The first-order valence-corrected chi connectivity index (χ1v) is 9.90. The minimum absolute atomic E-state index is 0.357. The Morgan fingerprint density at radius 1 is 0.963 bits per heavy atom. The number of piperidine rings is 1. The number of amides is 1. The van der Waals surface area contributed by atoms with Crippen LogP contribution in [-0.4, -0.2) is 46.4 Å². The molecule has 0 atom stereocenters. The topological polar surface area (TPSA) is 45.7 Å². The van der Waals surface area contributed by atoms with Gasteiger partial charge in [0, 0.05) is 51.0 Å². The lowest BCUT2D eigenvalue weighted by molar-refractivity contribution is -0.130. The summed E-state index contributed by atoms with van der Waals surface area (Å²) < 4.78 is 5.84. The van der Waals surface area contributed by atoms with Gasteiger partial charge >= 0.3 is 0 Å². The number of carbonyl (C=O) groups excluding carboxylic acids is 1. The van der Waals surface area contributed by atoms with Crippen LogP contribution in [0.25, 0.3) is 0 Å². The summed E-state index contributed by atoms with van der Waals surface area (Å²) in [7, 11) is 0. The number of ether oxygens (including phenoxy) is 1. The molecule has 2 saturated heterocycles. The van der Waals surface area contributed by atoms with E-state index in [-0.39, 0.29) is 0 Å². The van der Waals surface area contributed by atoms with Gasteiger partial charge in [0.2, 0.25) is 5.91 Å². The Morgan fingerprint density at radius 2 is 1.70 bits per heavy atom. The van der Waals surface area contributed by atoms with Crippen LogP contribution in [0.5, 0.6) is 5.75 Å². The lowest BCUT2D eigenvalue weighted by Crippen LogP contribution is -2.45. The molecule has 5 nitrogen and oxygen atoms in total. The summed E-state index contributed by atoms with van der Waals surface area (Å²) in [6.45, 7) is 4.61. The molecule has 2 aromatic rings. The third kappa shape index (κ3) is 4.66. The van der Waals surface area contributed by atoms with Gasteiger partial charge in [-0.2, -0.15) is 0 Å². The highest BCUT2D eigenvalue weighted by atomic mass is 16.5. The molecule has 3 heterocycles. The summed E-state index contributed by atoms with van der Waals surface area (Å²) in [5.41, 5.74) is 2.43. The Hall–Kier alpha value is -2.40. The first kappa shape index (κ1) is 18.0. The SMILES string of the molecule is O=C1CCCN1C1CCN(Cc2ccc(OCc3ccncc3)cc2)CC1.